The first kappa shape index (κ1) is 9.11. The summed E-state index contributed by atoms with van der Waals surface area (Å²) in [4.78, 5) is 0. The summed E-state index contributed by atoms with van der Waals surface area (Å²) < 4.78 is 5.51. The number of benzene rings is 1. The predicted octanol–water partition coefficient (Wildman–Crippen LogP) is 3.04. The van der Waals surface area contributed by atoms with E-state index in [0.29, 0.717) is 6.10 Å². The Balaban J connectivity index is 0.000000336. The number of fused-ring (bicyclic) bond motifs is 1. The van der Waals surface area contributed by atoms with Crippen LogP contribution in [0.15, 0.2) is 24.3 Å². The second-order valence-corrected chi connectivity index (χ2v) is 2.74. The van der Waals surface area contributed by atoms with Gasteiger partial charge in [-0.2, -0.15) is 0 Å². The van der Waals surface area contributed by atoms with E-state index in [1.54, 1.807) is 0 Å². The molecule has 1 aliphatic rings. The van der Waals surface area contributed by atoms with Crippen molar-refractivity contribution in [3.63, 3.8) is 0 Å². The van der Waals surface area contributed by atoms with Gasteiger partial charge < -0.3 is 4.74 Å². The zero-order valence-electron chi connectivity index (χ0n) is 8.00. The lowest BCUT2D eigenvalue weighted by Gasteiger charge is -2.00. The van der Waals surface area contributed by atoms with Gasteiger partial charge in [-0.3, -0.25) is 0 Å². The quantitative estimate of drug-likeness (QED) is 0.572. The van der Waals surface area contributed by atoms with E-state index in [1.165, 1.54) is 5.56 Å². The molecule has 0 spiro atoms. The van der Waals surface area contributed by atoms with E-state index in [0.717, 1.165) is 12.2 Å². The maximum atomic E-state index is 5.51. The second-order valence-electron chi connectivity index (χ2n) is 2.74. The Morgan fingerprint density at radius 1 is 1.25 bits per heavy atom. The Morgan fingerprint density at radius 2 is 1.92 bits per heavy atom. The van der Waals surface area contributed by atoms with Crippen LogP contribution in [0.25, 0.3) is 0 Å². The minimum atomic E-state index is 0.373. The van der Waals surface area contributed by atoms with E-state index in [-0.39, 0.29) is 0 Å². The smallest absolute Gasteiger partial charge is 0.123 e. The molecule has 0 saturated heterocycles. The van der Waals surface area contributed by atoms with E-state index in [1.807, 2.05) is 26.0 Å². The molecule has 0 unspecified atom stereocenters. The van der Waals surface area contributed by atoms with Crippen molar-refractivity contribution >= 4 is 0 Å². The van der Waals surface area contributed by atoms with Gasteiger partial charge in [-0.1, -0.05) is 32.0 Å². The summed E-state index contributed by atoms with van der Waals surface area (Å²) in [5, 5.41) is 0. The molecule has 1 aromatic carbocycles. The first-order valence-corrected chi connectivity index (χ1v) is 4.61. The largest absolute Gasteiger partial charge is 0.490 e. The number of hydrogen-bond donors (Lipinski definition) is 0. The third kappa shape index (κ3) is 1.79. The van der Waals surface area contributed by atoms with Gasteiger partial charge in [-0.05, 0) is 18.6 Å². The molecule has 1 aromatic rings. The minimum Gasteiger partial charge on any atom is -0.490 e. The van der Waals surface area contributed by atoms with Crippen LogP contribution in [0.2, 0.25) is 0 Å². The van der Waals surface area contributed by atoms with Gasteiger partial charge in [0.15, 0.2) is 0 Å². The van der Waals surface area contributed by atoms with Crippen molar-refractivity contribution < 1.29 is 4.74 Å². The molecule has 0 fully saturated rings. The molecule has 0 bridgehead atoms. The average Bonchev–Trinajstić information content (AvgIpc) is 2.48. The van der Waals surface area contributed by atoms with E-state index < -0.39 is 0 Å². The second kappa shape index (κ2) is 4.15. The van der Waals surface area contributed by atoms with Crippen LogP contribution in [-0.2, 0) is 6.42 Å². The fourth-order valence-electron chi connectivity index (χ4n) is 1.36. The van der Waals surface area contributed by atoms with Crippen molar-refractivity contribution in [1.82, 2.24) is 0 Å². The number of para-hydroxylation sites is 1. The molecular formula is C11H16O. The molecule has 1 nitrogen and oxygen atoms in total. The first-order valence-electron chi connectivity index (χ1n) is 4.61. The highest BCUT2D eigenvalue weighted by atomic mass is 16.5. The first-order chi connectivity index (χ1) is 5.86. The van der Waals surface area contributed by atoms with Crippen LogP contribution in [0.1, 0.15) is 26.3 Å². The lowest BCUT2D eigenvalue weighted by Crippen LogP contribution is -2.05. The van der Waals surface area contributed by atoms with E-state index in [4.69, 9.17) is 4.74 Å². The summed E-state index contributed by atoms with van der Waals surface area (Å²) in [6.07, 6.45) is 1.44. The molecule has 66 valence electrons. The maximum absolute atomic E-state index is 5.51. The normalized spacial score (nSPS) is 18.8. The van der Waals surface area contributed by atoms with E-state index >= 15 is 0 Å². The molecule has 2 rings (SSSR count). The molecule has 1 aliphatic heterocycles. The van der Waals surface area contributed by atoms with Crippen molar-refractivity contribution in [2.75, 3.05) is 0 Å². The highest BCUT2D eigenvalue weighted by Crippen LogP contribution is 2.27. The summed E-state index contributed by atoms with van der Waals surface area (Å²) in [6.45, 7) is 6.10. The van der Waals surface area contributed by atoms with Gasteiger partial charge in [-0.15, -0.1) is 0 Å². The average molecular weight is 164 g/mol. The predicted molar refractivity (Wildman–Crippen MR) is 51.6 cm³/mol. The van der Waals surface area contributed by atoms with Crippen LogP contribution in [0, 0.1) is 0 Å². The maximum Gasteiger partial charge on any atom is 0.123 e. The van der Waals surface area contributed by atoms with Crippen LogP contribution in [0.4, 0.5) is 0 Å². The molecule has 0 aliphatic carbocycles. The van der Waals surface area contributed by atoms with Gasteiger partial charge in [-0.25, -0.2) is 0 Å². The topological polar surface area (TPSA) is 9.23 Å². The Bertz CT molecular complexity index is 218. The Hall–Kier alpha value is -0.980. The van der Waals surface area contributed by atoms with Crippen molar-refractivity contribution in [2.45, 2.75) is 33.3 Å². The Morgan fingerprint density at radius 3 is 2.58 bits per heavy atom. The fraction of sp³-hybridized carbons (Fsp3) is 0.455. The molecule has 0 saturated carbocycles. The van der Waals surface area contributed by atoms with E-state index in [9.17, 15) is 0 Å². The van der Waals surface area contributed by atoms with Gasteiger partial charge in [0.1, 0.15) is 11.9 Å². The number of ether oxygens (including phenoxy) is 1. The van der Waals surface area contributed by atoms with Crippen molar-refractivity contribution in [3.8, 4) is 5.75 Å². The van der Waals surface area contributed by atoms with Crippen LogP contribution in [0.3, 0.4) is 0 Å². The van der Waals surface area contributed by atoms with Crippen molar-refractivity contribution in [2.24, 2.45) is 0 Å². The Labute approximate surface area is 74.4 Å². The minimum absolute atomic E-state index is 0.373. The molecular weight excluding hydrogens is 148 g/mol. The molecule has 0 radical (unpaired) electrons. The molecule has 1 heterocycles. The van der Waals surface area contributed by atoms with Gasteiger partial charge in [0, 0.05) is 6.42 Å². The van der Waals surface area contributed by atoms with Gasteiger partial charge >= 0.3 is 0 Å². The summed E-state index contributed by atoms with van der Waals surface area (Å²) in [7, 11) is 0. The summed E-state index contributed by atoms with van der Waals surface area (Å²) in [6, 6.07) is 8.22. The zero-order valence-corrected chi connectivity index (χ0v) is 8.00. The van der Waals surface area contributed by atoms with Crippen LogP contribution in [-0.4, -0.2) is 6.10 Å². The third-order valence-electron chi connectivity index (χ3n) is 1.81. The summed E-state index contributed by atoms with van der Waals surface area (Å²) in [5.41, 5.74) is 1.34. The van der Waals surface area contributed by atoms with Gasteiger partial charge in [0.2, 0.25) is 0 Å². The molecule has 0 aromatic heterocycles. The molecule has 0 N–H and O–H groups in total. The van der Waals surface area contributed by atoms with Gasteiger partial charge in [0.05, 0.1) is 0 Å². The molecule has 0 amide bonds. The third-order valence-corrected chi connectivity index (χ3v) is 1.81. The zero-order chi connectivity index (χ0) is 8.97. The molecule has 1 heteroatoms. The standard InChI is InChI=1S/C9H10O.C2H6/c1-7-6-8-4-2-3-5-9(8)10-7;1-2/h2-5,7H,6H2,1H3;1-2H3/t7-;/m1./s1. The van der Waals surface area contributed by atoms with Gasteiger partial charge in [0.25, 0.3) is 0 Å². The lowest BCUT2D eigenvalue weighted by atomic mass is 10.1. The fourth-order valence-corrected chi connectivity index (χ4v) is 1.36. The van der Waals surface area contributed by atoms with Crippen molar-refractivity contribution in [1.29, 1.82) is 0 Å². The SMILES string of the molecule is CC.C[C@@H]1Cc2ccccc2O1. The van der Waals surface area contributed by atoms with Crippen LogP contribution >= 0.6 is 0 Å². The molecule has 12 heavy (non-hydrogen) atoms. The van der Waals surface area contributed by atoms with Crippen molar-refractivity contribution in [3.05, 3.63) is 29.8 Å². The van der Waals surface area contributed by atoms with E-state index in [2.05, 4.69) is 19.1 Å². The molecule has 1 atom stereocenters. The highest BCUT2D eigenvalue weighted by molar-refractivity contribution is 5.36. The number of hydrogen-bond acceptors (Lipinski definition) is 1. The summed E-state index contributed by atoms with van der Waals surface area (Å²) in [5.74, 6) is 1.06. The van der Waals surface area contributed by atoms with Crippen LogP contribution < -0.4 is 4.74 Å². The highest BCUT2D eigenvalue weighted by Gasteiger charge is 2.16. The number of rotatable bonds is 0. The van der Waals surface area contributed by atoms with Crippen LogP contribution in [0.5, 0.6) is 5.75 Å². The summed E-state index contributed by atoms with van der Waals surface area (Å²) >= 11 is 0. The monoisotopic (exact) mass is 164 g/mol. The lowest BCUT2D eigenvalue weighted by molar-refractivity contribution is 0.254. The Kier molecular flexibility index (Phi) is 3.15.